The van der Waals surface area contributed by atoms with E-state index in [1.165, 1.54) is 12.8 Å². The maximum atomic E-state index is 4.95. The molecule has 12 heavy (non-hydrogen) atoms. The summed E-state index contributed by atoms with van der Waals surface area (Å²) in [5, 5.41) is 3.97. The average Bonchev–Trinajstić information content (AvgIpc) is 2.10. The monoisotopic (exact) mass is 171 g/mol. The number of hydrogen-bond donors (Lipinski definition) is 0. The zero-order valence-electron chi connectivity index (χ0n) is 8.76. The van der Waals surface area contributed by atoms with Gasteiger partial charge in [0.15, 0.2) is 0 Å². The van der Waals surface area contributed by atoms with E-state index in [2.05, 4.69) is 19.0 Å². The van der Waals surface area contributed by atoms with Crippen LogP contribution in [0.5, 0.6) is 0 Å². The molecule has 0 heterocycles. The minimum atomic E-state index is 0.667. The second-order valence-electron chi connectivity index (χ2n) is 3.30. The Hall–Kier alpha value is -0.530. The molecule has 1 unspecified atom stereocenters. The van der Waals surface area contributed by atoms with E-state index < -0.39 is 0 Å². The molecule has 0 aromatic rings. The summed E-state index contributed by atoms with van der Waals surface area (Å²) in [5.74, 6) is 0.803. The zero-order chi connectivity index (χ0) is 9.40. The van der Waals surface area contributed by atoms with Crippen LogP contribution in [0.2, 0.25) is 0 Å². The van der Waals surface area contributed by atoms with Crippen molar-refractivity contribution in [3.63, 3.8) is 0 Å². The SMILES string of the molecule is CCON=C(C)CCC(C)CC. The summed E-state index contributed by atoms with van der Waals surface area (Å²) in [4.78, 5) is 4.95. The van der Waals surface area contributed by atoms with E-state index >= 15 is 0 Å². The molecule has 0 aliphatic carbocycles. The lowest BCUT2D eigenvalue weighted by molar-refractivity contribution is 0.158. The van der Waals surface area contributed by atoms with Crippen LogP contribution in [0.25, 0.3) is 0 Å². The summed E-state index contributed by atoms with van der Waals surface area (Å²) in [6, 6.07) is 0. The summed E-state index contributed by atoms with van der Waals surface area (Å²) in [5.41, 5.74) is 1.11. The van der Waals surface area contributed by atoms with Gasteiger partial charge >= 0.3 is 0 Å². The molecule has 0 bridgehead atoms. The first-order chi connectivity index (χ1) is 5.70. The first-order valence-electron chi connectivity index (χ1n) is 4.86. The maximum Gasteiger partial charge on any atom is 0.114 e. The van der Waals surface area contributed by atoms with Gasteiger partial charge in [-0.3, -0.25) is 0 Å². The fourth-order valence-electron chi connectivity index (χ4n) is 0.880. The molecule has 0 N–H and O–H groups in total. The summed E-state index contributed by atoms with van der Waals surface area (Å²) >= 11 is 0. The van der Waals surface area contributed by atoms with Crippen LogP contribution in [0.4, 0.5) is 0 Å². The smallest absolute Gasteiger partial charge is 0.114 e. The molecule has 0 radical (unpaired) electrons. The van der Waals surface area contributed by atoms with E-state index in [0.717, 1.165) is 18.1 Å². The van der Waals surface area contributed by atoms with Crippen LogP contribution in [-0.4, -0.2) is 12.3 Å². The Labute approximate surface area is 76.0 Å². The van der Waals surface area contributed by atoms with Gasteiger partial charge in [-0.1, -0.05) is 25.4 Å². The Morgan fingerprint density at radius 1 is 1.42 bits per heavy atom. The van der Waals surface area contributed by atoms with Gasteiger partial charge in [0.05, 0.1) is 5.71 Å². The molecule has 72 valence electrons. The fourth-order valence-corrected chi connectivity index (χ4v) is 0.880. The van der Waals surface area contributed by atoms with Crippen molar-refractivity contribution in [1.29, 1.82) is 0 Å². The highest BCUT2D eigenvalue weighted by Crippen LogP contribution is 2.09. The van der Waals surface area contributed by atoms with E-state index in [1.54, 1.807) is 0 Å². The molecule has 0 spiro atoms. The predicted molar refractivity (Wildman–Crippen MR) is 53.4 cm³/mol. The van der Waals surface area contributed by atoms with Gasteiger partial charge in [0.25, 0.3) is 0 Å². The molecule has 0 amide bonds. The van der Waals surface area contributed by atoms with E-state index in [0.29, 0.717) is 6.61 Å². The van der Waals surface area contributed by atoms with Crippen molar-refractivity contribution in [2.75, 3.05) is 6.61 Å². The molecule has 0 rings (SSSR count). The quantitative estimate of drug-likeness (QED) is 0.444. The van der Waals surface area contributed by atoms with Gasteiger partial charge < -0.3 is 4.84 Å². The average molecular weight is 171 g/mol. The third-order valence-electron chi connectivity index (χ3n) is 2.05. The van der Waals surface area contributed by atoms with Crippen molar-refractivity contribution in [1.82, 2.24) is 0 Å². The van der Waals surface area contributed by atoms with Crippen molar-refractivity contribution >= 4 is 5.71 Å². The van der Waals surface area contributed by atoms with Gasteiger partial charge in [0.2, 0.25) is 0 Å². The molecule has 0 aliphatic heterocycles. The second-order valence-corrected chi connectivity index (χ2v) is 3.30. The van der Waals surface area contributed by atoms with Crippen molar-refractivity contribution in [2.24, 2.45) is 11.1 Å². The number of rotatable bonds is 6. The Bertz CT molecular complexity index is 132. The highest BCUT2D eigenvalue weighted by Gasteiger charge is 1.99. The van der Waals surface area contributed by atoms with Crippen molar-refractivity contribution in [3.05, 3.63) is 0 Å². The van der Waals surface area contributed by atoms with Crippen molar-refractivity contribution in [2.45, 2.75) is 47.0 Å². The molecule has 0 aromatic carbocycles. The first-order valence-corrected chi connectivity index (χ1v) is 4.86. The molecule has 1 atom stereocenters. The minimum absolute atomic E-state index is 0.667. The third kappa shape index (κ3) is 6.20. The number of nitrogens with zero attached hydrogens (tertiary/aromatic N) is 1. The molecular formula is C10H21NO. The molecule has 2 heteroatoms. The molecule has 0 aromatic heterocycles. The van der Waals surface area contributed by atoms with Gasteiger partial charge in [-0.05, 0) is 32.6 Å². The first kappa shape index (κ1) is 11.5. The molecule has 0 fully saturated rings. The van der Waals surface area contributed by atoms with E-state index in [9.17, 15) is 0 Å². The van der Waals surface area contributed by atoms with Gasteiger partial charge in [-0.2, -0.15) is 0 Å². The normalized spacial score (nSPS) is 14.5. The van der Waals surface area contributed by atoms with Crippen LogP contribution in [0.1, 0.15) is 47.0 Å². The largest absolute Gasteiger partial charge is 0.396 e. The molecule has 2 nitrogen and oxygen atoms in total. The molecular weight excluding hydrogens is 150 g/mol. The molecule has 0 saturated heterocycles. The Morgan fingerprint density at radius 2 is 2.08 bits per heavy atom. The van der Waals surface area contributed by atoms with Gasteiger partial charge in [0.1, 0.15) is 6.61 Å². The van der Waals surface area contributed by atoms with Crippen LogP contribution in [0.15, 0.2) is 5.16 Å². The maximum absolute atomic E-state index is 4.95. The van der Waals surface area contributed by atoms with E-state index in [1.807, 2.05) is 13.8 Å². The standard InChI is InChI=1S/C10H21NO/c1-5-9(3)7-8-10(4)11-12-6-2/h9H,5-8H2,1-4H3. The molecule has 0 saturated carbocycles. The Kier molecular flexibility index (Phi) is 6.82. The van der Waals surface area contributed by atoms with Gasteiger partial charge in [0, 0.05) is 0 Å². The third-order valence-corrected chi connectivity index (χ3v) is 2.05. The summed E-state index contributed by atoms with van der Waals surface area (Å²) < 4.78 is 0. The van der Waals surface area contributed by atoms with E-state index in [4.69, 9.17) is 4.84 Å². The van der Waals surface area contributed by atoms with Crippen LogP contribution in [-0.2, 0) is 4.84 Å². The van der Waals surface area contributed by atoms with Crippen molar-refractivity contribution in [3.8, 4) is 0 Å². The highest BCUT2D eigenvalue weighted by atomic mass is 16.6. The second kappa shape index (κ2) is 7.14. The number of hydrogen-bond acceptors (Lipinski definition) is 2. The van der Waals surface area contributed by atoms with Crippen molar-refractivity contribution < 1.29 is 4.84 Å². The summed E-state index contributed by atoms with van der Waals surface area (Å²) in [7, 11) is 0. The topological polar surface area (TPSA) is 21.6 Å². The highest BCUT2D eigenvalue weighted by molar-refractivity contribution is 5.81. The van der Waals surface area contributed by atoms with Crippen LogP contribution in [0, 0.1) is 5.92 Å². The minimum Gasteiger partial charge on any atom is -0.396 e. The zero-order valence-corrected chi connectivity index (χ0v) is 8.76. The van der Waals surface area contributed by atoms with E-state index in [-0.39, 0.29) is 0 Å². The van der Waals surface area contributed by atoms with Crippen LogP contribution >= 0.6 is 0 Å². The lowest BCUT2D eigenvalue weighted by Crippen LogP contribution is -1.99. The summed E-state index contributed by atoms with van der Waals surface area (Å²) in [6.07, 6.45) is 3.54. The fraction of sp³-hybridized carbons (Fsp3) is 0.900. The lowest BCUT2D eigenvalue weighted by atomic mass is 10.0. The lowest BCUT2D eigenvalue weighted by Gasteiger charge is -2.06. The number of oxime groups is 1. The Balaban J connectivity index is 3.48. The van der Waals surface area contributed by atoms with Crippen LogP contribution < -0.4 is 0 Å². The predicted octanol–water partition coefficient (Wildman–Crippen LogP) is 3.23. The van der Waals surface area contributed by atoms with Gasteiger partial charge in [-0.15, -0.1) is 0 Å². The summed E-state index contributed by atoms with van der Waals surface area (Å²) in [6.45, 7) is 9.14. The van der Waals surface area contributed by atoms with Gasteiger partial charge in [-0.25, -0.2) is 0 Å². The molecule has 0 aliphatic rings. The Morgan fingerprint density at radius 3 is 2.58 bits per heavy atom. The van der Waals surface area contributed by atoms with Crippen LogP contribution in [0.3, 0.4) is 0 Å².